The molecule has 1 aliphatic heterocycles. The number of likely N-dealkylation sites (N-methyl/N-ethyl adjacent to an activating group) is 1. The van der Waals surface area contributed by atoms with E-state index in [0.29, 0.717) is 31.5 Å². The number of hydrogen-bond acceptors (Lipinski definition) is 8. The van der Waals surface area contributed by atoms with Gasteiger partial charge in [-0.05, 0) is 37.2 Å². The Balaban J connectivity index is 1.43. The Morgan fingerprint density at radius 1 is 1.07 bits per heavy atom. The Hall–Kier alpha value is -3.39. The molecule has 3 aromatic rings. The molecule has 30 heavy (non-hydrogen) atoms. The second kappa shape index (κ2) is 8.96. The lowest BCUT2D eigenvalue weighted by Crippen LogP contribution is -2.41. The van der Waals surface area contributed by atoms with Crippen LogP contribution < -0.4 is 20.5 Å². The summed E-state index contributed by atoms with van der Waals surface area (Å²) in [6, 6.07) is 15.7. The lowest BCUT2D eigenvalue weighted by molar-refractivity contribution is 0.0573. The Bertz CT molecular complexity index is 1010. The van der Waals surface area contributed by atoms with Gasteiger partial charge in [0.2, 0.25) is 11.9 Å². The number of ether oxygens (including phenoxy) is 2. The topological polar surface area (TPSA) is 98.4 Å². The highest BCUT2D eigenvalue weighted by Crippen LogP contribution is 2.31. The summed E-state index contributed by atoms with van der Waals surface area (Å²) < 4.78 is 11.9. The molecule has 8 heteroatoms. The van der Waals surface area contributed by atoms with E-state index in [1.165, 1.54) is 0 Å². The predicted molar refractivity (Wildman–Crippen MR) is 116 cm³/mol. The summed E-state index contributed by atoms with van der Waals surface area (Å²) in [4.78, 5) is 15.3. The maximum Gasteiger partial charge on any atom is 0.232 e. The second-order valence-electron chi connectivity index (χ2n) is 7.20. The van der Waals surface area contributed by atoms with E-state index in [2.05, 4.69) is 32.1 Å². The third kappa shape index (κ3) is 4.77. The van der Waals surface area contributed by atoms with Gasteiger partial charge in [0.25, 0.3) is 0 Å². The Labute approximate surface area is 176 Å². The fourth-order valence-electron chi connectivity index (χ4n) is 3.34. The van der Waals surface area contributed by atoms with Crippen molar-refractivity contribution in [2.24, 2.45) is 0 Å². The highest BCUT2D eigenvalue weighted by atomic mass is 16.6. The number of para-hydroxylation sites is 3. The van der Waals surface area contributed by atoms with E-state index in [0.717, 1.165) is 29.3 Å². The van der Waals surface area contributed by atoms with E-state index in [9.17, 15) is 0 Å². The maximum atomic E-state index is 6.08. The van der Waals surface area contributed by atoms with E-state index in [1.807, 2.05) is 55.5 Å². The van der Waals surface area contributed by atoms with Crippen LogP contribution in [0.3, 0.4) is 0 Å². The van der Waals surface area contributed by atoms with Gasteiger partial charge in [-0.25, -0.2) is 0 Å². The quantitative estimate of drug-likeness (QED) is 0.617. The first-order valence-electron chi connectivity index (χ1n) is 10.0. The van der Waals surface area contributed by atoms with Gasteiger partial charge < -0.3 is 20.5 Å². The zero-order chi connectivity index (χ0) is 20.9. The van der Waals surface area contributed by atoms with Crippen molar-refractivity contribution in [3.8, 4) is 11.5 Å². The van der Waals surface area contributed by atoms with E-state index in [4.69, 9.17) is 15.2 Å². The van der Waals surface area contributed by atoms with Crippen molar-refractivity contribution < 1.29 is 9.47 Å². The summed E-state index contributed by atoms with van der Waals surface area (Å²) in [5.74, 6) is 2.80. The molecule has 8 nitrogen and oxygen atoms in total. The fraction of sp³-hybridized carbons (Fsp3) is 0.318. The van der Waals surface area contributed by atoms with Gasteiger partial charge in [-0.15, -0.1) is 0 Å². The second-order valence-corrected chi connectivity index (χ2v) is 7.20. The first-order valence-corrected chi connectivity index (χ1v) is 10.0. The molecule has 1 aliphatic rings. The Kier molecular flexibility index (Phi) is 5.94. The average molecular weight is 406 g/mol. The molecule has 0 saturated carbocycles. The van der Waals surface area contributed by atoms with E-state index < -0.39 is 0 Å². The number of aryl methyl sites for hydroxylation is 1. The standard InChI is InChI=1S/C22H26N6O2/c1-3-28(12-16-14-29-18-10-6-7-11-19(18)30-16)13-20-25-21(23)27-22(26-20)24-17-9-5-4-8-15(17)2/h4-11,16H,3,12-14H2,1-2H3,(H3,23,24,25,26,27). The van der Waals surface area contributed by atoms with Crippen molar-refractivity contribution >= 4 is 17.6 Å². The van der Waals surface area contributed by atoms with Crippen molar-refractivity contribution in [2.75, 3.05) is 30.7 Å². The number of hydrogen-bond donors (Lipinski definition) is 2. The van der Waals surface area contributed by atoms with Crippen molar-refractivity contribution in [2.45, 2.75) is 26.5 Å². The maximum absolute atomic E-state index is 6.08. The van der Waals surface area contributed by atoms with Gasteiger partial charge in [-0.1, -0.05) is 37.3 Å². The lowest BCUT2D eigenvalue weighted by Gasteiger charge is -2.30. The summed E-state index contributed by atoms with van der Waals surface area (Å²) in [5, 5.41) is 3.23. The molecule has 0 radical (unpaired) electrons. The molecule has 0 aliphatic carbocycles. The van der Waals surface area contributed by atoms with Gasteiger partial charge in [-0.3, -0.25) is 4.90 Å². The van der Waals surface area contributed by atoms with Crippen LogP contribution in [0.5, 0.6) is 11.5 Å². The van der Waals surface area contributed by atoms with Gasteiger partial charge in [0, 0.05) is 12.2 Å². The van der Waals surface area contributed by atoms with Crippen molar-refractivity contribution in [1.82, 2.24) is 19.9 Å². The van der Waals surface area contributed by atoms with E-state index in [-0.39, 0.29) is 12.1 Å². The Morgan fingerprint density at radius 2 is 1.83 bits per heavy atom. The van der Waals surface area contributed by atoms with Crippen LogP contribution in [0, 0.1) is 6.92 Å². The SMILES string of the molecule is CCN(Cc1nc(N)nc(Nc2ccccc2C)n1)CC1COc2ccccc2O1. The number of anilines is 3. The molecule has 4 rings (SSSR count). The minimum Gasteiger partial charge on any atom is -0.486 e. The van der Waals surface area contributed by atoms with Crippen LogP contribution in [0.15, 0.2) is 48.5 Å². The fourth-order valence-corrected chi connectivity index (χ4v) is 3.34. The van der Waals surface area contributed by atoms with Crippen molar-refractivity contribution in [3.63, 3.8) is 0 Å². The number of aromatic nitrogens is 3. The molecule has 0 amide bonds. The summed E-state index contributed by atoms with van der Waals surface area (Å²) in [5.41, 5.74) is 7.98. The van der Waals surface area contributed by atoms with Crippen LogP contribution in [0.1, 0.15) is 18.3 Å². The number of rotatable bonds is 7. The van der Waals surface area contributed by atoms with Crippen LogP contribution in [0.4, 0.5) is 17.6 Å². The summed E-state index contributed by atoms with van der Waals surface area (Å²) in [6.45, 7) is 6.66. The van der Waals surface area contributed by atoms with Gasteiger partial charge in [0.1, 0.15) is 18.5 Å². The highest BCUT2D eigenvalue weighted by Gasteiger charge is 2.23. The summed E-state index contributed by atoms with van der Waals surface area (Å²) in [7, 11) is 0. The Morgan fingerprint density at radius 3 is 2.63 bits per heavy atom. The van der Waals surface area contributed by atoms with E-state index >= 15 is 0 Å². The van der Waals surface area contributed by atoms with Crippen LogP contribution in [-0.2, 0) is 6.54 Å². The molecular formula is C22H26N6O2. The molecule has 0 saturated heterocycles. The molecule has 1 unspecified atom stereocenters. The number of benzene rings is 2. The molecule has 1 atom stereocenters. The number of nitrogen functional groups attached to an aromatic ring is 1. The summed E-state index contributed by atoms with van der Waals surface area (Å²) in [6.07, 6.45) is -0.0661. The smallest absolute Gasteiger partial charge is 0.232 e. The number of nitrogens with zero attached hydrogens (tertiary/aromatic N) is 4. The van der Waals surface area contributed by atoms with Crippen LogP contribution in [0.2, 0.25) is 0 Å². The molecule has 156 valence electrons. The minimum absolute atomic E-state index is 0.0661. The minimum atomic E-state index is -0.0661. The van der Waals surface area contributed by atoms with Crippen LogP contribution in [-0.4, -0.2) is 45.7 Å². The number of fused-ring (bicyclic) bond motifs is 1. The molecule has 2 aromatic carbocycles. The normalized spacial score (nSPS) is 15.2. The van der Waals surface area contributed by atoms with Crippen molar-refractivity contribution in [1.29, 1.82) is 0 Å². The van der Waals surface area contributed by atoms with Gasteiger partial charge in [0.05, 0.1) is 6.54 Å². The predicted octanol–water partition coefficient (Wildman–Crippen LogP) is 3.17. The third-order valence-electron chi connectivity index (χ3n) is 4.93. The van der Waals surface area contributed by atoms with Gasteiger partial charge in [0.15, 0.2) is 11.5 Å². The zero-order valence-electron chi connectivity index (χ0n) is 17.2. The lowest BCUT2D eigenvalue weighted by atomic mass is 10.2. The van der Waals surface area contributed by atoms with Crippen LogP contribution >= 0.6 is 0 Å². The first kappa shape index (κ1) is 19.9. The average Bonchev–Trinajstić information content (AvgIpc) is 2.74. The number of nitrogens with one attached hydrogen (secondary N) is 1. The molecule has 3 N–H and O–H groups in total. The molecule has 0 bridgehead atoms. The van der Waals surface area contributed by atoms with E-state index in [1.54, 1.807) is 0 Å². The highest BCUT2D eigenvalue weighted by molar-refractivity contribution is 5.58. The van der Waals surface area contributed by atoms with Gasteiger partial charge >= 0.3 is 0 Å². The number of nitrogens with two attached hydrogens (primary N) is 1. The molecular weight excluding hydrogens is 380 g/mol. The molecule has 1 aromatic heterocycles. The first-order chi connectivity index (χ1) is 14.6. The van der Waals surface area contributed by atoms with Crippen LogP contribution in [0.25, 0.3) is 0 Å². The molecule has 2 heterocycles. The van der Waals surface area contributed by atoms with Gasteiger partial charge in [-0.2, -0.15) is 15.0 Å². The van der Waals surface area contributed by atoms with Crippen molar-refractivity contribution in [3.05, 3.63) is 59.9 Å². The summed E-state index contributed by atoms with van der Waals surface area (Å²) >= 11 is 0. The monoisotopic (exact) mass is 406 g/mol. The largest absolute Gasteiger partial charge is 0.486 e. The third-order valence-corrected chi connectivity index (χ3v) is 4.93. The molecule has 0 spiro atoms. The molecule has 0 fully saturated rings. The zero-order valence-corrected chi connectivity index (χ0v) is 17.2.